The van der Waals surface area contributed by atoms with Crippen LogP contribution in [0.4, 0.5) is 0 Å². The van der Waals surface area contributed by atoms with Gasteiger partial charge >= 0.3 is 0 Å². The summed E-state index contributed by atoms with van der Waals surface area (Å²) >= 11 is 0. The number of imidazole rings is 1. The fourth-order valence-corrected chi connectivity index (χ4v) is 2.61. The number of nitriles is 1. The molecule has 0 bridgehead atoms. The van der Waals surface area contributed by atoms with Gasteiger partial charge in [0.1, 0.15) is 38.1 Å². The normalized spacial score (nSPS) is 28.0. The molecular weight excluding hydrogens is 302 g/mol. The highest BCUT2D eigenvalue weighted by molar-refractivity contribution is 6.83. The summed E-state index contributed by atoms with van der Waals surface area (Å²) in [6, 6.07) is 1.96. The molecule has 7 nitrogen and oxygen atoms in total. The van der Waals surface area contributed by atoms with Gasteiger partial charge in [0.05, 0.1) is 12.9 Å². The molecule has 118 valence electrons. The maximum absolute atomic E-state index is 10.1. The lowest BCUT2D eigenvalue weighted by molar-refractivity contribution is -0.0531. The van der Waals surface area contributed by atoms with Gasteiger partial charge in [-0.3, -0.25) is 4.57 Å². The third kappa shape index (κ3) is 3.22. The van der Waals surface area contributed by atoms with Crippen LogP contribution < -0.4 is 0 Å². The van der Waals surface area contributed by atoms with Gasteiger partial charge in [-0.05, 0) is 0 Å². The van der Waals surface area contributed by atoms with E-state index in [1.807, 2.05) is 6.07 Å². The molecule has 22 heavy (non-hydrogen) atoms. The van der Waals surface area contributed by atoms with E-state index in [0.29, 0.717) is 5.69 Å². The first-order chi connectivity index (χ1) is 10.3. The number of hydrogen-bond acceptors (Lipinski definition) is 6. The Morgan fingerprint density at radius 1 is 1.36 bits per heavy atom. The molecule has 1 saturated heterocycles. The van der Waals surface area contributed by atoms with Crippen molar-refractivity contribution in [1.29, 1.82) is 5.26 Å². The van der Waals surface area contributed by atoms with Crippen LogP contribution in [0.2, 0.25) is 19.6 Å². The third-order valence-electron chi connectivity index (χ3n) is 3.25. The first-order valence-electron chi connectivity index (χ1n) is 6.91. The Bertz CT molecular complexity index is 650. The minimum atomic E-state index is -1.67. The van der Waals surface area contributed by atoms with Crippen molar-refractivity contribution in [2.75, 3.05) is 6.61 Å². The average Bonchev–Trinajstić information content (AvgIpc) is 2.98. The summed E-state index contributed by atoms with van der Waals surface area (Å²) in [5, 5.41) is 38.2. The lowest BCUT2D eigenvalue weighted by Gasteiger charge is -2.17. The lowest BCUT2D eigenvalue weighted by Crippen LogP contribution is -2.33. The predicted octanol–water partition coefficient (Wildman–Crippen LogP) is -0.405. The largest absolute Gasteiger partial charge is 0.394 e. The molecule has 0 radical (unpaired) electrons. The van der Waals surface area contributed by atoms with Crippen molar-refractivity contribution in [3.8, 4) is 17.5 Å². The number of aromatic nitrogens is 2. The van der Waals surface area contributed by atoms with Gasteiger partial charge in [0.15, 0.2) is 11.9 Å². The minimum absolute atomic E-state index is 0.142. The summed E-state index contributed by atoms with van der Waals surface area (Å²) in [7, 11) is -1.67. The van der Waals surface area contributed by atoms with Crippen molar-refractivity contribution < 1.29 is 20.1 Å². The zero-order valence-electron chi connectivity index (χ0n) is 12.7. The fraction of sp³-hybridized carbons (Fsp3) is 0.571. The van der Waals surface area contributed by atoms with Crippen LogP contribution in [0, 0.1) is 22.8 Å². The van der Waals surface area contributed by atoms with E-state index >= 15 is 0 Å². The van der Waals surface area contributed by atoms with Gasteiger partial charge in [-0.1, -0.05) is 25.6 Å². The molecule has 1 fully saturated rings. The van der Waals surface area contributed by atoms with E-state index in [4.69, 9.17) is 15.1 Å². The molecule has 1 aliphatic rings. The van der Waals surface area contributed by atoms with Crippen LogP contribution in [-0.4, -0.2) is 57.9 Å². The highest BCUT2D eigenvalue weighted by Crippen LogP contribution is 2.30. The zero-order chi connectivity index (χ0) is 16.5. The molecule has 2 rings (SSSR count). The number of nitrogens with zero attached hydrogens (tertiary/aromatic N) is 3. The van der Waals surface area contributed by atoms with Crippen molar-refractivity contribution >= 4 is 8.07 Å². The van der Waals surface area contributed by atoms with E-state index in [-0.39, 0.29) is 5.69 Å². The summed E-state index contributed by atoms with van der Waals surface area (Å²) in [5.41, 5.74) is 3.63. The molecule has 0 saturated carbocycles. The van der Waals surface area contributed by atoms with Crippen molar-refractivity contribution in [3.05, 3.63) is 17.7 Å². The van der Waals surface area contributed by atoms with Gasteiger partial charge in [-0.25, -0.2) is 4.98 Å². The molecule has 0 aliphatic carbocycles. The molecule has 1 aliphatic heterocycles. The number of aliphatic hydroxyl groups is 3. The Hall–Kier alpha value is -1.68. The van der Waals surface area contributed by atoms with E-state index < -0.39 is 39.2 Å². The van der Waals surface area contributed by atoms with Crippen molar-refractivity contribution in [1.82, 2.24) is 9.55 Å². The van der Waals surface area contributed by atoms with E-state index in [2.05, 4.69) is 36.1 Å². The molecule has 0 spiro atoms. The molecule has 4 atom stereocenters. The molecule has 0 aromatic carbocycles. The van der Waals surface area contributed by atoms with Gasteiger partial charge in [0.2, 0.25) is 0 Å². The number of ether oxygens (including phenoxy) is 1. The highest BCUT2D eigenvalue weighted by atomic mass is 28.3. The lowest BCUT2D eigenvalue weighted by atomic mass is 10.1. The van der Waals surface area contributed by atoms with Gasteiger partial charge in [-0.2, -0.15) is 5.26 Å². The quantitative estimate of drug-likeness (QED) is 0.504. The van der Waals surface area contributed by atoms with Crippen LogP contribution >= 0.6 is 0 Å². The highest BCUT2D eigenvalue weighted by Gasteiger charge is 2.44. The van der Waals surface area contributed by atoms with Crippen LogP contribution in [0.3, 0.4) is 0 Å². The monoisotopic (exact) mass is 321 g/mol. The van der Waals surface area contributed by atoms with Crippen LogP contribution in [0.5, 0.6) is 0 Å². The topological polar surface area (TPSA) is 112 Å². The molecule has 0 amide bonds. The van der Waals surface area contributed by atoms with E-state index in [9.17, 15) is 10.2 Å². The van der Waals surface area contributed by atoms with Crippen molar-refractivity contribution in [2.24, 2.45) is 0 Å². The SMILES string of the molecule is C[Si](C)(C)C#Cc1c(C#N)ncn1[C@@H]1O[C@H](CO)[C@@H](O)[C@H]1O. The van der Waals surface area contributed by atoms with Gasteiger partial charge in [0, 0.05) is 0 Å². The summed E-state index contributed by atoms with van der Waals surface area (Å²) in [5.74, 6) is 2.95. The Balaban J connectivity index is 2.42. The Kier molecular flexibility index (Phi) is 4.71. The molecule has 0 unspecified atom stereocenters. The van der Waals surface area contributed by atoms with Gasteiger partial charge < -0.3 is 20.1 Å². The van der Waals surface area contributed by atoms with Crippen LogP contribution in [-0.2, 0) is 4.74 Å². The number of aliphatic hydroxyl groups excluding tert-OH is 3. The average molecular weight is 321 g/mol. The summed E-state index contributed by atoms with van der Waals surface area (Å²) in [6.07, 6.45) is -2.91. The predicted molar refractivity (Wildman–Crippen MR) is 80.2 cm³/mol. The maximum Gasteiger partial charge on any atom is 0.174 e. The van der Waals surface area contributed by atoms with E-state index in [1.165, 1.54) is 10.9 Å². The second-order valence-electron chi connectivity index (χ2n) is 6.19. The maximum atomic E-state index is 10.1. The van der Waals surface area contributed by atoms with Crippen LogP contribution in [0.25, 0.3) is 0 Å². The summed E-state index contributed by atoms with van der Waals surface area (Å²) in [6.45, 7) is 5.79. The van der Waals surface area contributed by atoms with Crippen molar-refractivity contribution in [2.45, 2.75) is 44.2 Å². The molecule has 1 aromatic heterocycles. The number of hydrogen-bond donors (Lipinski definition) is 3. The smallest absolute Gasteiger partial charge is 0.174 e. The molecule has 1 aromatic rings. The fourth-order valence-electron chi connectivity index (χ4n) is 2.12. The second-order valence-corrected chi connectivity index (χ2v) is 10.9. The van der Waals surface area contributed by atoms with Gasteiger partial charge in [-0.15, -0.1) is 5.54 Å². The van der Waals surface area contributed by atoms with Crippen molar-refractivity contribution in [3.63, 3.8) is 0 Å². The number of rotatable bonds is 2. The second kappa shape index (κ2) is 6.21. The Labute approximate surface area is 129 Å². The van der Waals surface area contributed by atoms with Gasteiger partial charge in [0.25, 0.3) is 0 Å². The van der Waals surface area contributed by atoms with Crippen LogP contribution in [0.15, 0.2) is 6.33 Å². The van der Waals surface area contributed by atoms with E-state index in [1.54, 1.807) is 0 Å². The third-order valence-corrected chi connectivity index (χ3v) is 4.12. The Morgan fingerprint density at radius 2 is 2.05 bits per heavy atom. The van der Waals surface area contributed by atoms with E-state index in [0.717, 1.165) is 0 Å². The summed E-state index contributed by atoms with van der Waals surface area (Å²) < 4.78 is 6.90. The molecular formula is C14H19N3O4Si. The van der Waals surface area contributed by atoms with Crippen LogP contribution in [0.1, 0.15) is 17.6 Å². The zero-order valence-corrected chi connectivity index (χ0v) is 13.7. The Morgan fingerprint density at radius 3 is 2.55 bits per heavy atom. The molecule has 2 heterocycles. The molecule has 8 heteroatoms. The summed E-state index contributed by atoms with van der Waals surface area (Å²) in [4.78, 5) is 3.97. The standard InChI is InChI=1S/C14H19N3O4Si/c1-22(2,3)5-4-10-9(6-15)16-8-17(10)14-13(20)12(19)11(7-18)21-14/h8,11-14,18-20H,7H2,1-3H3/t11-,12-,13-,14-/m1/s1. The first kappa shape index (κ1) is 16.7. The first-order valence-corrected chi connectivity index (χ1v) is 10.4. The molecule has 3 N–H and O–H groups in total. The minimum Gasteiger partial charge on any atom is -0.394 e.